The van der Waals surface area contributed by atoms with Gasteiger partial charge >= 0.3 is 0 Å². The zero-order valence-electron chi connectivity index (χ0n) is 8.91. The van der Waals surface area contributed by atoms with Crippen LogP contribution in [-0.2, 0) is 0 Å². The van der Waals surface area contributed by atoms with Crippen LogP contribution in [0, 0.1) is 2.88 Å². The third kappa shape index (κ3) is 3.24. The lowest BCUT2D eigenvalue weighted by atomic mass is 10.1. The fourth-order valence-corrected chi connectivity index (χ4v) is 4.61. The van der Waals surface area contributed by atoms with Crippen LogP contribution in [0.5, 0.6) is 5.75 Å². The third-order valence-corrected chi connectivity index (χ3v) is 5.88. The lowest BCUT2D eigenvalue weighted by molar-refractivity contribution is 0.414. The molecule has 0 bridgehead atoms. The van der Waals surface area contributed by atoms with Gasteiger partial charge in [-0.2, -0.15) is 0 Å². The molecule has 1 aromatic heterocycles. The summed E-state index contributed by atoms with van der Waals surface area (Å²) in [5, 5.41) is 2.18. The van der Waals surface area contributed by atoms with Crippen LogP contribution in [0.15, 0.2) is 34.1 Å². The SMILES string of the molecule is COc1ccc(C(Br)c2csc(I)c2)c(Br)c1. The summed E-state index contributed by atoms with van der Waals surface area (Å²) in [6.07, 6.45) is 0. The largest absolute Gasteiger partial charge is 0.497 e. The summed E-state index contributed by atoms with van der Waals surface area (Å²) in [5.41, 5.74) is 2.49. The summed E-state index contributed by atoms with van der Waals surface area (Å²) in [4.78, 5) is 0.211. The van der Waals surface area contributed by atoms with Gasteiger partial charge in [0, 0.05) is 4.47 Å². The summed E-state index contributed by atoms with van der Waals surface area (Å²) < 4.78 is 7.55. The molecule has 90 valence electrons. The number of alkyl halides is 1. The second-order valence-corrected chi connectivity index (χ2v) is 8.01. The van der Waals surface area contributed by atoms with Gasteiger partial charge in [-0.15, -0.1) is 11.3 Å². The highest BCUT2D eigenvalue weighted by molar-refractivity contribution is 14.1. The van der Waals surface area contributed by atoms with Crippen molar-refractivity contribution in [3.63, 3.8) is 0 Å². The molecule has 2 rings (SSSR count). The molecule has 0 saturated heterocycles. The van der Waals surface area contributed by atoms with Gasteiger partial charge in [0.2, 0.25) is 0 Å². The summed E-state index contributed by atoms with van der Waals surface area (Å²) in [6, 6.07) is 8.24. The third-order valence-electron chi connectivity index (χ3n) is 2.36. The first kappa shape index (κ1) is 13.8. The summed E-state index contributed by atoms with van der Waals surface area (Å²) >= 11 is 11.4. The molecule has 0 fully saturated rings. The normalized spacial score (nSPS) is 12.5. The molecule has 0 aliphatic heterocycles. The number of halogens is 3. The standard InChI is InChI=1S/C12H9Br2IOS/c1-16-8-2-3-9(10(13)5-8)12(14)7-4-11(15)17-6-7/h2-6,12H,1H3. The smallest absolute Gasteiger partial charge is 0.120 e. The molecule has 2 aromatic rings. The minimum Gasteiger partial charge on any atom is -0.497 e. The Morgan fingerprint density at radius 3 is 2.65 bits per heavy atom. The van der Waals surface area contributed by atoms with E-state index >= 15 is 0 Å². The lowest BCUT2D eigenvalue weighted by Gasteiger charge is -2.12. The quantitative estimate of drug-likeness (QED) is 0.404. The first-order chi connectivity index (χ1) is 8.11. The zero-order chi connectivity index (χ0) is 12.4. The maximum Gasteiger partial charge on any atom is 0.120 e. The molecule has 1 aromatic carbocycles. The molecule has 0 N–H and O–H groups in total. The fraction of sp³-hybridized carbons (Fsp3) is 0.167. The van der Waals surface area contributed by atoms with Crippen LogP contribution in [0.3, 0.4) is 0 Å². The van der Waals surface area contributed by atoms with Crippen molar-refractivity contribution in [2.45, 2.75) is 4.83 Å². The van der Waals surface area contributed by atoms with Crippen LogP contribution in [0.2, 0.25) is 0 Å². The van der Waals surface area contributed by atoms with Gasteiger partial charge in [-0.05, 0) is 57.3 Å². The molecule has 0 aliphatic carbocycles. The van der Waals surface area contributed by atoms with Gasteiger partial charge in [0.25, 0.3) is 0 Å². The predicted octanol–water partition coefficient (Wildman–Crippen LogP) is 5.61. The predicted molar refractivity (Wildman–Crippen MR) is 88.5 cm³/mol. The molecule has 1 nitrogen and oxygen atoms in total. The molecule has 17 heavy (non-hydrogen) atoms. The maximum atomic E-state index is 5.20. The van der Waals surface area contributed by atoms with E-state index in [1.807, 2.05) is 12.1 Å². The van der Waals surface area contributed by atoms with Crippen LogP contribution in [0.4, 0.5) is 0 Å². The van der Waals surface area contributed by atoms with Crippen molar-refractivity contribution in [1.29, 1.82) is 0 Å². The number of ether oxygens (including phenoxy) is 1. The van der Waals surface area contributed by atoms with Crippen molar-refractivity contribution in [2.75, 3.05) is 7.11 Å². The summed E-state index contributed by atoms with van der Waals surface area (Å²) in [5.74, 6) is 0.861. The van der Waals surface area contributed by atoms with Gasteiger partial charge in [-0.25, -0.2) is 0 Å². The Bertz CT molecular complexity index is 527. The molecule has 1 unspecified atom stereocenters. The Hall–Kier alpha value is 0.410. The summed E-state index contributed by atoms with van der Waals surface area (Å²) in [6.45, 7) is 0. The van der Waals surface area contributed by atoms with Crippen LogP contribution >= 0.6 is 65.8 Å². The van der Waals surface area contributed by atoms with E-state index in [0.717, 1.165) is 10.2 Å². The molecule has 0 saturated carbocycles. The minimum absolute atomic E-state index is 0.211. The molecule has 0 aliphatic rings. The number of thiophene rings is 1. The van der Waals surface area contributed by atoms with E-state index in [-0.39, 0.29) is 4.83 Å². The van der Waals surface area contributed by atoms with Crippen LogP contribution in [0.25, 0.3) is 0 Å². The number of hydrogen-bond acceptors (Lipinski definition) is 2. The Balaban J connectivity index is 2.34. The van der Waals surface area contributed by atoms with Crippen molar-refractivity contribution in [1.82, 2.24) is 0 Å². The van der Waals surface area contributed by atoms with E-state index in [4.69, 9.17) is 4.74 Å². The zero-order valence-corrected chi connectivity index (χ0v) is 15.1. The Kier molecular flexibility index (Phi) is 4.91. The monoisotopic (exact) mass is 486 g/mol. The van der Waals surface area contributed by atoms with Gasteiger partial charge in [-0.1, -0.05) is 37.9 Å². The molecule has 0 amide bonds. The second kappa shape index (κ2) is 6.04. The van der Waals surface area contributed by atoms with Crippen LogP contribution < -0.4 is 4.74 Å². The van der Waals surface area contributed by atoms with Gasteiger partial charge in [0.1, 0.15) is 5.75 Å². The molecular weight excluding hydrogens is 479 g/mol. The van der Waals surface area contributed by atoms with E-state index in [2.05, 4.69) is 72.0 Å². The molecule has 1 heterocycles. The van der Waals surface area contributed by atoms with E-state index in [1.54, 1.807) is 18.4 Å². The van der Waals surface area contributed by atoms with Crippen LogP contribution in [-0.4, -0.2) is 7.11 Å². The number of rotatable bonds is 3. The minimum atomic E-state index is 0.211. The van der Waals surface area contributed by atoms with Gasteiger partial charge in [0.15, 0.2) is 0 Å². The van der Waals surface area contributed by atoms with Gasteiger partial charge in [0.05, 0.1) is 14.8 Å². The second-order valence-electron chi connectivity index (χ2n) is 3.43. The molecule has 1 atom stereocenters. The van der Waals surface area contributed by atoms with Crippen LogP contribution in [0.1, 0.15) is 16.0 Å². The highest BCUT2D eigenvalue weighted by Crippen LogP contribution is 2.38. The molecular formula is C12H9Br2IOS. The molecule has 0 radical (unpaired) electrons. The number of methoxy groups -OCH3 is 1. The van der Waals surface area contributed by atoms with E-state index < -0.39 is 0 Å². The van der Waals surface area contributed by atoms with Crippen molar-refractivity contribution in [2.24, 2.45) is 0 Å². The van der Waals surface area contributed by atoms with E-state index in [1.165, 1.54) is 14.0 Å². The fourth-order valence-electron chi connectivity index (χ4n) is 1.48. The topological polar surface area (TPSA) is 9.23 Å². The Morgan fingerprint density at radius 2 is 2.12 bits per heavy atom. The first-order valence-corrected chi connectivity index (χ1v) is 8.50. The highest BCUT2D eigenvalue weighted by Gasteiger charge is 2.15. The highest BCUT2D eigenvalue weighted by atomic mass is 127. The average Bonchev–Trinajstić information content (AvgIpc) is 2.75. The Morgan fingerprint density at radius 1 is 1.35 bits per heavy atom. The van der Waals surface area contributed by atoms with Gasteiger partial charge in [-0.3, -0.25) is 0 Å². The number of benzene rings is 1. The van der Waals surface area contributed by atoms with Gasteiger partial charge < -0.3 is 4.74 Å². The first-order valence-electron chi connectivity index (χ1n) is 4.83. The van der Waals surface area contributed by atoms with Crippen molar-refractivity contribution < 1.29 is 4.74 Å². The molecule has 5 heteroatoms. The van der Waals surface area contributed by atoms with E-state index in [9.17, 15) is 0 Å². The Labute approximate surface area is 135 Å². The van der Waals surface area contributed by atoms with Crippen molar-refractivity contribution in [3.05, 3.63) is 48.1 Å². The van der Waals surface area contributed by atoms with Crippen molar-refractivity contribution in [3.8, 4) is 5.75 Å². The lowest BCUT2D eigenvalue weighted by Crippen LogP contribution is -1.93. The summed E-state index contributed by atoms with van der Waals surface area (Å²) in [7, 11) is 1.67. The number of hydrogen-bond donors (Lipinski definition) is 0. The van der Waals surface area contributed by atoms with E-state index in [0.29, 0.717) is 0 Å². The molecule has 0 spiro atoms. The maximum absolute atomic E-state index is 5.20. The van der Waals surface area contributed by atoms with Crippen molar-refractivity contribution >= 4 is 65.8 Å². The average molecular weight is 488 g/mol.